The molecule has 0 amide bonds. The summed E-state index contributed by atoms with van der Waals surface area (Å²) < 4.78 is 0. The van der Waals surface area contributed by atoms with E-state index >= 15 is 0 Å². The van der Waals surface area contributed by atoms with Gasteiger partial charge < -0.3 is 0 Å². The molecule has 0 aromatic heterocycles. The summed E-state index contributed by atoms with van der Waals surface area (Å²) in [6.45, 7) is 9.05. The molecule has 0 heteroatoms. The van der Waals surface area contributed by atoms with Crippen LogP contribution in [0.5, 0.6) is 0 Å². The first-order valence-corrected chi connectivity index (χ1v) is 21.4. The van der Waals surface area contributed by atoms with Gasteiger partial charge in [0.25, 0.3) is 0 Å². The summed E-state index contributed by atoms with van der Waals surface area (Å²) in [6, 6.07) is 59.7. The Balaban J connectivity index is 1.33. The predicted octanol–water partition coefficient (Wildman–Crippen LogP) is 14.7. The van der Waals surface area contributed by atoms with Crippen LogP contribution in [0.2, 0.25) is 0 Å². The second-order valence-electron chi connectivity index (χ2n) is 16.7. The lowest BCUT2D eigenvalue weighted by Crippen LogP contribution is -2.04. The Labute approximate surface area is 345 Å². The molecule has 0 saturated heterocycles. The van der Waals surface area contributed by atoms with E-state index in [4.69, 9.17) is 0 Å². The van der Waals surface area contributed by atoms with E-state index < -0.39 is 0 Å². The Morgan fingerprint density at radius 1 is 0.224 bits per heavy atom. The third-order valence-corrected chi connectivity index (χ3v) is 13.2. The molecular weight excluding hydrogens is 697 g/mol. The number of rotatable bonds is 12. The number of aryl methyl sites for hydroxylation is 12. The molecule has 0 N–H and O–H groups in total. The first-order valence-electron chi connectivity index (χ1n) is 21.4. The fraction of sp³-hybridized carbons (Fsp3) is 0.207. The van der Waals surface area contributed by atoms with Gasteiger partial charge in [0.15, 0.2) is 0 Å². The summed E-state index contributed by atoms with van der Waals surface area (Å²) in [7, 11) is 0. The van der Waals surface area contributed by atoms with Crippen molar-refractivity contribution in [3.05, 3.63) is 224 Å². The molecule has 0 aliphatic rings. The Hall–Kier alpha value is -5.98. The topological polar surface area (TPSA) is 0 Å². The van der Waals surface area contributed by atoms with E-state index in [-0.39, 0.29) is 0 Å². The summed E-state index contributed by atoms with van der Waals surface area (Å²) in [5.74, 6) is 0. The van der Waals surface area contributed by atoms with Crippen LogP contribution in [0.4, 0.5) is 0 Å². The van der Waals surface area contributed by atoms with E-state index in [0.717, 1.165) is 51.4 Å². The summed E-state index contributed by atoms with van der Waals surface area (Å²) >= 11 is 0. The maximum absolute atomic E-state index is 2.65. The van der Waals surface area contributed by atoms with Crippen LogP contribution in [0.1, 0.15) is 66.8 Å². The molecule has 0 bridgehead atoms. The van der Waals surface area contributed by atoms with Gasteiger partial charge in [-0.3, -0.25) is 0 Å². The molecule has 58 heavy (non-hydrogen) atoms. The van der Waals surface area contributed by atoms with Crippen LogP contribution in [-0.2, 0) is 51.4 Å². The second kappa shape index (κ2) is 16.5. The minimum atomic E-state index is 0.998. The summed E-state index contributed by atoms with van der Waals surface area (Å²) in [5, 5.41) is 11.3. The van der Waals surface area contributed by atoms with Gasteiger partial charge in [0.05, 0.1) is 0 Å². The zero-order chi connectivity index (χ0) is 39.6. The lowest BCUT2D eigenvalue weighted by Gasteiger charge is -2.22. The van der Waals surface area contributed by atoms with Gasteiger partial charge in [-0.1, -0.05) is 146 Å². The SMILES string of the molecule is Cc1ccccc1CCc1c2ccccc2c(CCc2ccccc2C)c2cc3c(CCc4ccccc4C)c4ccccc4c(CCc4ccccc4C)c3cc12. The smallest absolute Gasteiger partial charge is 0.0136 e. The molecule has 0 radical (unpaired) electrons. The van der Waals surface area contributed by atoms with Gasteiger partial charge in [0.2, 0.25) is 0 Å². The maximum atomic E-state index is 2.65. The fourth-order valence-corrected chi connectivity index (χ4v) is 9.88. The van der Waals surface area contributed by atoms with Crippen LogP contribution in [0, 0.1) is 27.7 Å². The number of fused-ring (bicyclic) bond motifs is 4. The molecule has 0 heterocycles. The molecule has 286 valence electrons. The molecule has 0 aliphatic carbocycles. The van der Waals surface area contributed by atoms with Crippen LogP contribution in [0.15, 0.2) is 158 Å². The molecule has 0 unspecified atom stereocenters. The quantitative estimate of drug-likeness (QED) is 0.109. The summed E-state index contributed by atoms with van der Waals surface area (Å²) in [6.07, 6.45) is 8.07. The van der Waals surface area contributed by atoms with Gasteiger partial charge in [0, 0.05) is 0 Å². The average Bonchev–Trinajstić information content (AvgIpc) is 3.25. The Morgan fingerprint density at radius 3 is 0.655 bits per heavy atom. The van der Waals surface area contributed by atoms with Crippen molar-refractivity contribution >= 4 is 43.1 Å². The van der Waals surface area contributed by atoms with E-state index in [1.807, 2.05) is 0 Å². The number of hydrogen-bond acceptors (Lipinski definition) is 0. The van der Waals surface area contributed by atoms with Crippen molar-refractivity contribution in [1.29, 1.82) is 0 Å². The van der Waals surface area contributed by atoms with E-state index in [1.54, 1.807) is 0 Å². The Bertz CT molecular complexity index is 2540. The number of hydrogen-bond donors (Lipinski definition) is 0. The van der Waals surface area contributed by atoms with Crippen LogP contribution >= 0.6 is 0 Å². The third-order valence-electron chi connectivity index (χ3n) is 13.2. The van der Waals surface area contributed by atoms with Gasteiger partial charge >= 0.3 is 0 Å². The largest absolute Gasteiger partial charge is 0.0620 e. The normalized spacial score (nSPS) is 11.7. The van der Waals surface area contributed by atoms with E-state index in [2.05, 4.69) is 185 Å². The van der Waals surface area contributed by atoms with Gasteiger partial charge in [-0.05, 0) is 201 Å². The van der Waals surface area contributed by atoms with Crippen molar-refractivity contribution < 1.29 is 0 Å². The lowest BCUT2D eigenvalue weighted by atomic mass is 9.81. The molecule has 9 aromatic carbocycles. The minimum Gasteiger partial charge on any atom is -0.0620 e. The Morgan fingerprint density at radius 2 is 0.431 bits per heavy atom. The maximum Gasteiger partial charge on any atom is -0.0136 e. The molecule has 0 atom stereocenters. The molecule has 0 fully saturated rings. The predicted molar refractivity (Wildman–Crippen MR) is 251 cm³/mol. The van der Waals surface area contributed by atoms with E-state index in [1.165, 1.54) is 110 Å². The first kappa shape index (κ1) is 37.6. The zero-order valence-electron chi connectivity index (χ0n) is 34.7. The average molecular weight is 751 g/mol. The highest BCUT2D eigenvalue weighted by Gasteiger charge is 2.20. The highest BCUT2D eigenvalue weighted by atomic mass is 14.2. The fourth-order valence-electron chi connectivity index (χ4n) is 9.88. The first-order chi connectivity index (χ1) is 28.4. The highest BCUT2D eigenvalue weighted by Crippen LogP contribution is 2.42. The van der Waals surface area contributed by atoms with Gasteiger partial charge in [-0.2, -0.15) is 0 Å². The van der Waals surface area contributed by atoms with Crippen molar-refractivity contribution in [1.82, 2.24) is 0 Å². The molecule has 0 saturated carbocycles. The summed E-state index contributed by atoms with van der Waals surface area (Å²) in [5.41, 5.74) is 17.2. The van der Waals surface area contributed by atoms with Crippen molar-refractivity contribution in [2.24, 2.45) is 0 Å². The van der Waals surface area contributed by atoms with Crippen LogP contribution < -0.4 is 0 Å². The van der Waals surface area contributed by atoms with Crippen molar-refractivity contribution in [2.75, 3.05) is 0 Å². The van der Waals surface area contributed by atoms with Crippen molar-refractivity contribution in [3.8, 4) is 0 Å². The Kier molecular flexibility index (Phi) is 10.7. The molecule has 0 spiro atoms. The van der Waals surface area contributed by atoms with Crippen LogP contribution in [0.3, 0.4) is 0 Å². The van der Waals surface area contributed by atoms with Gasteiger partial charge in [-0.25, -0.2) is 0 Å². The second-order valence-corrected chi connectivity index (χ2v) is 16.7. The molecule has 0 nitrogen and oxygen atoms in total. The third kappa shape index (κ3) is 7.33. The molecule has 9 aromatic rings. The van der Waals surface area contributed by atoms with E-state index in [9.17, 15) is 0 Å². The summed E-state index contributed by atoms with van der Waals surface area (Å²) in [4.78, 5) is 0. The van der Waals surface area contributed by atoms with E-state index in [0.29, 0.717) is 0 Å². The molecular formula is C58H54. The number of benzene rings is 9. The monoisotopic (exact) mass is 750 g/mol. The van der Waals surface area contributed by atoms with Crippen molar-refractivity contribution in [2.45, 2.75) is 79.1 Å². The molecule has 0 aliphatic heterocycles. The van der Waals surface area contributed by atoms with Crippen LogP contribution in [-0.4, -0.2) is 0 Å². The van der Waals surface area contributed by atoms with Gasteiger partial charge in [0.1, 0.15) is 0 Å². The highest BCUT2D eigenvalue weighted by molar-refractivity contribution is 6.15. The lowest BCUT2D eigenvalue weighted by molar-refractivity contribution is 0.952. The van der Waals surface area contributed by atoms with Crippen LogP contribution in [0.25, 0.3) is 43.1 Å². The molecule has 9 rings (SSSR count). The van der Waals surface area contributed by atoms with Crippen molar-refractivity contribution in [3.63, 3.8) is 0 Å². The zero-order valence-corrected chi connectivity index (χ0v) is 34.7. The standard InChI is InChI=1S/C58H54/c1-39-17-5-9-21-43(39)29-33-51-47-25-13-14-26-48(47)52(34-30-44-22-10-6-18-40(44)2)56-38-58-54(36-32-46-24-12-8-20-42(46)4)50-28-16-15-27-49(50)53(57(58)37-55(51)56)35-31-45-23-11-7-19-41(45)3/h5-28,37-38H,29-36H2,1-4H3. The minimum absolute atomic E-state index is 0.998. The van der Waals surface area contributed by atoms with Gasteiger partial charge in [-0.15, -0.1) is 0 Å².